The van der Waals surface area contributed by atoms with E-state index in [2.05, 4.69) is 25.1 Å². The first-order valence-electron chi connectivity index (χ1n) is 5.65. The molecule has 0 bridgehead atoms. The highest BCUT2D eigenvalue weighted by atomic mass is 15.1. The van der Waals surface area contributed by atoms with Gasteiger partial charge in [0.05, 0.1) is 0 Å². The van der Waals surface area contributed by atoms with Gasteiger partial charge < -0.3 is 4.90 Å². The van der Waals surface area contributed by atoms with Gasteiger partial charge in [-0.05, 0) is 30.0 Å². The van der Waals surface area contributed by atoms with Crippen molar-refractivity contribution in [2.75, 3.05) is 11.9 Å². The second kappa shape index (κ2) is 4.05. The molecule has 0 aromatic heterocycles. The fourth-order valence-electron chi connectivity index (χ4n) is 2.14. The fourth-order valence-corrected chi connectivity index (χ4v) is 2.14. The van der Waals surface area contributed by atoms with Crippen molar-refractivity contribution in [2.24, 2.45) is 0 Å². The number of rotatable bonds is 2. The van der Waals surface area contributed by atoms with E-state index in [1.807, 2.05) is 11.9 Å². The number of nitrogens with zero attached hydrogens (tertiary/aromatic N) is 1. The molecular weight excluding hydrogens is 184 g/mol. The normalized spacial score (nSPS) is 15.3. The zero-order chi connectivity index (χ0) is 10.8. The van der Waals surface area contributed by atoms with Crippen molar-refractivity contribution in [3.05, 3.63) is 29.3 Å². The molecule has 2 heteroatoms. The summed E-state index contributed by atoms with van der Waals surface area (Å²) in [7, 11) is 2.00. The van der Waals surface area contributed by atoms with Crippen LogP contribution in [0.4, 0.5) is 5.69 Å². The zero-order valence-corrected chi connectivity index (χ0v) is 9.51. The van der Waals surface area contributed by atoms with E-state index in [1.165, 1.54) is 23.2 Å². The Morgan fingerprint density at radius 3 is 2.87 bits per heavy atom. The average molecular weight is 202 g/mol. The Bertz CT molecular complexity index is 382. The van der Waals surface area contributed by atoms with Crippen molar-refractivity contribution in [3.63, 3.8) is 0 Å². The van der Waals surface area contributed by atoms with Crippen molar-refractivity contribution in [1.29, 1.82) is 5.41 Å². The molecule has 1 aromatic carbocycles. The molecule has 15 heavy (non-hydrogen) atoms. The van der Waals surface area contributed by atoms with Crippen LogP contribution in [0.2, 0.25) is 0 Å². The number of fused-ring (bicyclic) bond motifs is 1. The van der Waals surface area contributed by atoms with Crippen molar-refractivity contribution in [2.45, 2.75) is 32.6 Å². The van der Waals surface area contributed by atoms with E-state index < -0.39 is 0 Å². The topological polar surface area (TPSA) is 27.1 Å². The summed E-state index contributed by atoms with van der Waals surface area (Å²) < 4.78 is 0. The summed E-state index contributed by atoms with van der Waals surface area (Å²) in [6, 6.07) is 6.70. The van der Waals surface area contributed by atoms with Gasteiger partial charge in [0.2, 0.25) is 0 Å². The fraction of sp³-hybridized carbons (Fsp3) is 0.462. The smallest absolute Gasteiger partial charge is 0.100 e. The van der Waals surface area contributed by atoms with Crippen molar-refractivity contribution < 1.29 is 0 Å². The van der Waals surface area contributed by atoms with Gasteiger partial charge in [0, 0.05) is 19.2 Å². The highest BCUT2D eigenvalue weighted by Crippen LogP contribution is 2.28. The first-order valence-corrected chi connectivity index (χ1v) is 5.65. The summed E-state index contributed by atoms with van der Waals surface area (Å²) in [6.45, 7) is 2.20. The maximum atomic E-state index is 7.82. The summed E-state index contributed by atoms with van der Waals surface area (Å²) in [5.41, 5.74) is 4.00. The largest absolute Gasteiger partial charge is 0.333 e. The van der Waals surface area contributed by atoms with Gasteiger partial charge in [0.25, 0.3) is 0 Å². The van der Waals surface area contributed by atoms with Gasteiger partial charge in [-0.25, -0.2) is 0 Å². The minimum atomic E-state index is 0.733. The molecule has 0 unspecified atom stereocenters. The molecule has 0 radical (unpaired) electrons. The Morgan fingerprint density at radius 1 is 1.33 bits per heavy atom. The maximum absolute atomic E-state index is 7.82. The molecule has 1 aliphatic rings. The minimum absolute atomic E-state index is 0.733. The first kappa shape index (κ1) is 10.2. The van der Waals surface area contributed by atoms with Gasteiger partial charge in [-0.15, -0.1) is 0 Å². The van der Waals surface area contributed by atoms with Crippen LogP contribution in [-0.2, 0) is 12.8 Å². The second-order valence-corrected chi connectivity index (χ2v) is 4.22. The van der Waals surface area contributed by atoms with Crippen molar-refractivity contribution in [3.8, 4) is 0 Å². The van der Waals surface area contributed by atoms with Gasteiger partial charge in [-0.3, -0.25) is 5.41 Å². The van der Waals surface area contributed by atoms with Crippen LogP contribution in [0.3, 0.4) is 0 Å². The zero-order valence-electron chi connectivity index (χ0n) is 9.51. The van der Waals surface area contributed by atoms with Crippen LogP contribution in [0.15, 0.2) is 18.2 Å². The van der Waals surface area contributed by atoms with Gasteiger partial charge in [0.1, 0.15) is 5.84 Å². The third-order valence-corrected chi connectivity index (χ3v) is 3.09. The van der Waals surface area contributed by atoms with E-state index in [0.29, 0.717) is 0 Å². The lowest BCUT2D eigenvalue weighted by molar-refractivity contribution is 0.906. The summed E-state index contributed by atoms with van der Waals surface area (Å²) >= 11 is 0. The van der Waals surface area contributed by atoms with Crippen LogP contribution >= 0.6 is 0 Å². The highest BCUT2D eigenvalue weighted by Gasteiger charge is 2.17. The Balaban J connectivity index is 2.36. The van der Waals surface area contributed by atoms with Gasteiger partial charge in [0.15, 0.2) is 0 Å². The quantitative estimate of drug-likeness (QED) is 0.784. The molecule has 1 aliphatic heterocycles. The van der Waals surface area contributed by atoms with Gasteiger partial charge >= 0.3 is 0 Å². The van der Waals surface area contributed by atoms with Gasteiger partial charge in [-0.1, -0.05) is 25.5 Å². The molecule has 0 saturated carbocycles. The molecule has 0 fully saturated rings. The van der Waals surface area contributed by atoms with E-state index in [-0.39, 0.29) is 0 Å². The third-order valence-electron chi connectivity index (χ3n) is 3.09. The Morgan fingerprint density at radius 2 is 2.13 bits per heavy atom. The number of anilines is 1. The van der Waals surface area contributed by atoms with E-state index in [4.69, 9.17) is 5.41 Å². The van der Waals surface area contributed by atoms with Crippen LogP contribution in [0.1, 0.15) is 30.9 Å². The molecule has 1 heterocycles. The van der Waals surface area contributed by atoms with Crippen LogP contribution in [0.25, 0.3) is 0 Å². The average Bonchev–Trinajstić information content (AvgIpc) is 2.25. The Labute approximate surface area is 91.4 Å². The number of benzene rings is 1. The van der Waals surface area contributed by atoms with E-state index in [9.17, 15) is 0 Å². The molecule has 2 nitrogen and oxygen atoms in total. The Kier molecular flexibility index (Phi) is 2.76. The molecule has 0 saturated heterocycles. The maximum Gasteiger partial charge on any atom is 0.100 e. The molecule has 80 valence electrons. The summed E-state index contributed by atoms with van der Waals surface area (Å²) in [4.78, 5) is 2.01. The van der Waals surface area contributed by atoms with Crippen molar-refractivity contribution >= 4 is 11.5 Å². The number of hydrogen-bond donors (Lipinski definition) is 1. The molecule has 1 N–H and O–H groups in total. The lowest BCUT2D eigenvalue weighted by Gasteiger charge is -2.28. The molecule has 0 atom stereocenters. The lowest BCUT2D eigenvalue weighted by atomic mass is 9.98. The molecule has 1 aromatic rings. The van der Waals surface area contributed by atoms with Crippen LogP contribution in [0.5, 0.6) is 0 Å². The van der Waals surface area contributed by atoms with Crippen LogP contribution in [0, 0.1) is 5.41 Å². The molecule has 0 aliphatic carbocycles. The monoisotopic (exact) mass is 202 g/mol. The molecular formula is C13H18N2. The second-order valence-electron chi connectivity index (χ2n) is 4.22. The standard InChI is InChI=1S/C13H18N2/c1-3-4-10-5-6-11-7-8-13(14)15(2)12(11)9-10/h5-6,9,14H,3-4,7-8H2,1-2H3. The molecule has 2 rings (SSSR count). The highest BCUT2D eigenvalue weighted by molar-refractivity contribution is 5.97. The van der Waals surface area contributed by atoms with Gasteiger partial charge in [-0.2, -0.15) is 0 Å². The van der Waals surface area contributed by atoms with Crippen LogP contribution < -0.4 is 4.90 Å². The number of hydrogen-bond acceptors (Lipinski definition) is 1. The predicted molar refractivity (Wildman–Crippen MR) is 64.9 cm³/mol. The summed E-state index contributed by atoms with van der Waals surface area (Å²) in [5.74, 6) is 0.733. The number of aryl methyl sites for hydroxylation is 2. The number of nitrogens with one attached hydrogen (secondary N) is 1. The summed E-state index contributed by atoms with van der Waals surface area (Å²) in [6.07, 6.45) is 4.20. The lowest BCUT2D eigenvalue weighted by Crippen LogP contribution is -2.30. The van der Waals surface area contributed by atoms with Crippen molar-refractivity contribution in [1.82, 2.24) is 0 Å². The molecule has 0 spiro atoms. The van der Waals surface area contributed by atoms with E-state index >= 15 is 0 Å². The number of amidine groups is 1. The predicted octanol–water partition coefficient (Wildman–Crippen LogP) is 3.00. The third kappa shape index (κ3) is 1.89. The van der Waals surface area contributed by atoms with Crippen LogP contribution in [-0.4, -0.2) is 12.9 Å². The minimum Gasteiger partial charge on any atom is -0.333 e. The van der Waals surface area contributed by atoms with E-state index in [1.54, 1.807) is 0 Å². The molecule has 0 amide bonds. The first-order chi connectivity index (χ1) is 7.22. The summed E-state index contributed by atoms with van der Waals surface area (Å²) in [5, 5.41) is 7.82. The Hall–Kier alpha value is -1.31. The van der Waals surface area contributed by atoms with E-state index in [0.717, 1.165) is 25.1 Å². The SMILES string of the molecule is CCCc1ccc2c(c1)N(C)C(=N)CC2.